The molecule has 3 rings (SSSR count). The number of sulfonamides is 1. The standard InChI is InChI=1S/C14H22N4O4S/c19-14(10-12-2-1-4-15-12)17-5-7-18(8-6-17)23(20,21)11-13-3-9-22-16-13/h3,9,12,15H,1-2,4-8,10-11H2. The van der Waals surface area contributed by atoms with E-state index in [9.17, 15) is 13.2 Å². The number of piperazine rings is 1. The van der Waals surface area contributed by atoms with E-state index in [2.05, 4.69) is 15.0 Å². The first-order valence-corrected chi connectivity index (χ1v) is 9.54. The second-order valence-electron chi connectivity index (χ2n) is 6.02. The van der Waals surface area contributed by atoms with E-state index < -0.39 is 10.0 Å². The Hall–Kier alpha value is -1.45. The lowest BCUT2D eigenvalue weighted by Crippen LogP contribution is -2.51. The highest BCUT2D eigenvalue weighted by Gasteiger charge is 2.30. The summed E-state index contributed by atoms with van der Waals surface area (Å²) in [6.07, 6.45) is 4.02. The van der Waals surface area contributed by atoms with Gasteiger partial charge in [-0.05, 0) is 19.4 Å². The molecule has 9 heteroatoms. The molecule has 128 valence electrons. The zero-order valence-electron chi connectivity index (χ0n) is 13.0. The van der Waals surface area contributed by atoms with Crippen LogP contribution in [0, 0.1) is 0 Å². The van der Waals surface area contributed by atoms with Gasteiger partial charge in [-0.3, -0.25) is 4.79 Å². The van der Waals surface area contributed by atoms with Crippen LogP contribution in [0.2, 0.25) is 0 Å². The van der Waals surface area contributed by atoms with Crippen molar-refractivity contribution in [2.24, 2.45) is 0 Å². The van der Waals surface area contributed by atoms with E-state index in [0.717, 1.165) is 19.4 Å². The molecule has 3 heterocycles. The molecule has 1 atom stereocenters. The molecule has 0 saturated carbocycles. The summed E-state index contributed by atoms with van der Waals surface area (Å²) in [7, 11) is -3.42. The highest BCUT2D eigenvalue weighted by molar-refractivity contribution is 7.88. The van der Waals surface area contributed by atoms with Gasteiger partial charge in [0.05, 0.1) is 5.69 Å². The summed E-state index contributed by atoms with van der Waals surface area (Å²) in [5.41, 5.74) is 0.399. The molecule has 0 spiro atoms. The van der Waals surface area contributed by atoms with Gasteiger partial charge >= 0.3 is 0 Å². The maximum Gasteiger partial charge on any atom is 0.224 e. The Bertz CT molecular complexity index is 617. The van der Waals surface area contributed by atoms with E-state index in [1.54, 1.807) is 11.0 Å². The third-order valence-corrected chi connectivity index (χ3v) is 6.20. The van der Waals surface area contributed by atoms with Gasteiger partial charge in [0.1, 0.15) is 12.0 Å². The molecule has 23 heavy (non-hydrogen) atoms. The van der Waals surface area contributed by atoms with Crippen molar-refractivity contribution >= 4 is 15.9 Å². The monoisotopic (exact) mass is 342 g/mol. The number of carbonyl (C=O) groups excluding carboxylic acids is 1. The van der Waals surface area contributed by atoms with E-state index in [1.165, 1.54) is 10.6 Å². The second kappa shape index (κ2) is 6.98. The summed E-state index contributed by atoms with van der Waals surface area (Å²) in [5.74, 6) is -0.0540. The van der Waals surface area contributed by atoms with Gasteiger partial charge in [0.25, 0.3) is 0 Å². The third-order valence-electron chi connectivity index (χ3n) is 4.39. The normalized spacial score (nSPS) is 23.3. The lowest BCUT2D eigenvalue weighted by atomic mass is 10.1. The van der Waals surface area contributed by atoms with Crippen LogP contribution >= 0.6 is 0 Å². The predicted octanol–water partition coefficient (Wildman–Crippen LogP) is -0.209. The first-order chi connectivity index (χ1) is 11.0. The van der Waals surface area contributed by atoms with Crippen LogP contribution in [0.5, 0.6) is 0 Å². The zero-order valence-corrected chi connectivity index (χ0v) is 13.8. The van der Waals surface area contributed by atoms with Crippen LogP contribution in [0.1, 0.15) is 25.0 Å². The predicted molar refractivity (Wildman–Crippen MR) is 82.9 cm³/mol. The molecule has 2 saturated heterocycles. The molecule has 1 unspecified atom stereocenters. The summed E-state index contributed by atoms with van der Waals surface area (Å²) in [5, 5.41) is 6.96. The van der Waals surface area contributed by atoms with Crippen LogP contribution in [0.25, 0.3) is 0 Å². The van der Waals surface area contributed by atoms with Crippen molar-refractivity contribution in [3.8, 4) is 0 Å². The molecule has 1 aromatic heterocycles. The smallest absolute Gasteiger partial charge is 0.224 e. The number of hydrogen-bond acceptors (Lipinski definition) is 6. The summed E-state index contributed by atoms with van der Waals surface area (Å²) in [4.78, 5) is 14.0. The molecule has 8 nitrogen and oxygen atoms in total. The molecular formula is C14H22N4O4S. The van der Waals surface area contributed by atoms with Gasteiger partial charge in [-0.2, -0.15) is 4.31 Å². The van der Waals surface area contributed by atoms with E-state index >= 15 is 0 Å². The van der Waals surface area contributed by atoms with E-state index in [0.29, 0.717) is 38.3 Å². The maximum absolute atomic E-state index is 12.3. The molecular weight excluding hydrogens is 320 g/mol. The van der Waals surface area contributed by atoms with Crippen LogP contribution in [0.3, 0.4) is 0 Å². The summed E-state index contributed by atoms with van der Waals surface area (Å²) in [6.45, 7) is 2.55. The minimum absolute atomic E-state index is 0.109. The minimum atomic E-state index is -3.42. The molecule has 0 aliphatic carbocycles. The van der Waals surface area contributed by atoms with Gasteiger partial charge in [0, 0.05) is 44.7 Å². The molecule has 0 radical (unpaired) electrons. The van der Waals surface area contributed by atoms with E-state index in [1.807, 2.05) is 0 Å². The van der Waals surface area contributed by atoms with Crippen LogP contribution < -0.4 is 5.32 Å². The van der Waals surface area contributed by atoms with Gasteiger partial charge in [-0.15, -0.1) is 0 Å². The van der Waals surface area contributed by atoms with Crippen molar-refractivity contribution in [2.45, 2.75) is 31.1 Å². The molecule has 1 amide bonds. The molecule has 2 aliphatic heterocycles. The number of carbonyl (C=O) groups is 1. The number of rotatable bonds is 5. The number of hydrogen-bond donors (Lipinski definition) is 1. The lowest BCUT2D eigenvalue weighted by molar-refractivity contribution is -0.132. The average Bonchev–Trinajstić information content (AvgIpc) is 3.21. The molecule has 1 aromatic rings. The zero-order chi connectivity index (χ0) is 16.3. The van der Waals surface area contributed by atoms with Gasteiger partial charge in [-0.25, -0.2) is 8.42 Å². The van der Waals surface area contributed by atoms with Crippen LogP contribution in [0.4, 0.5) is 0 Å². The van der Waals surface area contributed by atoms with Gasteiger partial charge in [-0.1, -0.05) is 5.16 Å². The Morgan fingerprint density at radius 1 is 1.35 bits per heavy atom. The van der Waals surface area contributed by atoms with Crippen molar-refractivity contribution in [3.63, 3.8) is 0 Å². The quantitative estimate of drug-likeness (QED) is 0.795. The summed E-state index contributed by atoms with van der Waals surface area (Å²) in [6, 6.07) is 1.82. The summed E-state index contributed by atoms with van der Waals surface area (Å²) < 4.78 is 30.8. The third kappa shape index (κ3) is 4.10. The van der Waals surface area contributed by atoms with Crippen LogP contribution in [-0.2, 0) is 20.6 Å². The van der Waals surface area contributed by atoms with Crippen molar-refractivity contribution < 1.29 is 17.7 Å². The highest BCUT2D eigenvalue weighted by atomic mass is 32.2. The maximum atomic E-state index is 12.3. The van der Waals surface area contributed by atoms with Crippen molar-refractivity contribution in [1.82, 2.24) is 19.7 Å². The van der Waals surface area contributed by atoms with E-state index in [4.69, 9.17) is 0 Å². The fraction of sp³-hybridized carbons (Fsp3) is 0.714. The number of amides is 1. The largest absolute Gasteiger partial charge is 0.364 e. The fourth-order valence-electron chi connectivity index (χ4n) is 3.08. The topological polar surface area (TPSA) is 95.8 Å². The van der Waals surface area contributed by atoms with Crippen LogP contribution in [-0.4, -0.2) is 67.5 Å². The Labute approximate surface area is 135 Å². The minimum Gasteiger partial charge on any atom is -0.364 e. The SMILES string of the molecule is O=C(CC1CCCN1)N1CCN(S(=O)(=O)Cc2ccon2)CC1. The molecule has 2 aliphatic rings. The average molecular weight is 342 g/mol. The number of nitrogens with zero attached hydrogens (tertiary/aromatic N) is 3. The number of nitrogens with one attached hydrogen (secondary N) is 1. The molecule has 2 fully saturated rings. The van der Waals surface area contributed by atoms with Gasteiger partial charge in [0.2, 0.25) is 15.9 Å². The molecule has 0 aromatic carbocycles. The molecule has 1 N–H and O–H groups in total. The van der Waals surface area contributed by atoms with Crippen molar-refractivity contribution in [2.75, 3.05) is 32.7 Å². The Balaban J connectivity index is 1.50. The summed E-state index contributed by atoms with van der Waals surface area (Å²) >= 11 is 0. The highest BCUT2D eigenvalue weighted by Crippen LogP contribution is 2.15. The molecule has 0 bridgehead atoms. The first kappa shape index (κ1) is 16.4. The second-order valence-corrected chi connectivity index (χ2v) is 7.99. The van der Waals surface area contributed by atoms with Crippen molar-refractivity contribution in [1.29, 1.82) is 0 Å². The lowest BCUT2D eigenvalue weighted by Gasteiger charge is -2.34. The Kier molecular flexibility index (Phi) is 4.98. The van der Waals surface area contributed by atoms with E-state index in [-0.39, 0.29) is 17.7 Å². The fourth-order valence-corrected chi connectivity index (χ4v) is 4.50. The van der Waals surface area contributed by atoms with Crippen molar-refractivity contribution in [3.05, 3.63) is 18.0 Å². The van der Waals surface area contributed by atoms with Gasteiger partial charge in [0.15, 0.2) is 0 Å². The Morgan fingerprint density at radius 2 is 2.13 bits per heavy atom. The van der Waals surface area contributed by atoms with Gasteiger partial charge < -0.3 is 14.7 Å². The first-order valence-electron chi connectivity index (χ1n) is 7.93. The number of aromatic nitrogens is 1. The van der Waals surface area contributed by atoms with Crippen LogP contribution in [0.15, 0.2) is 16.9 Å². The Morgan fingerprint density at radius 3 is 2.74 bits per heavy atom.